The Morgan fingerprint density at radius 3 is 2.84 bits per heavy atom. The minimum absolute atomic E-state index is 0.0653. The summed E-state index contributed by atoms with van der Waals surface area (Å²) in [5.74, 6) is 0.0526. The number of carbonyl (C=O) groups excluding carboxylic acids is 2. The van der Waals surface area contributed by atoms with Gasteiger partial charge in [-0.2, -0.15) is 0 Å². The Bertz CT molecular complexity index is 462. The summed E-state index contributed by atoms with van der Waals surface area (Å²) in [7, 11) is 0. The summed E-state index contributed by atoms with van der Waals surface area (Å²) in [6.07, 6.45) is 0.410. The second-order valence-corrected chi connectivity index (χ2v) is 7.13. The van der Waals surface area contributed by atoms with Crippen LogP contribution in [0.2, 0.25) is 0 Å². The van der Waals surface area contributed by atoms with E-state index in [1.165, 1.54) is 11.3 Å². The minimum atomic E-state index is -0.0783. The fourth-order valence-electron chi connectivity index (χ4n) is 2.26. The Kier molecular flexibility index (Phi) is 3.94. The van der Waals surface area contributed by atoms with E-state index in [4.69, 9.17) is 0 Å². The second kappa shape index (κ2) is 5.33. The normalized spacial score (nSPS) is 19.8. The molecule has 19 heavy (non-hydrogen) atoms. The molecule has 4 nitrogen and oxygen atoms in total. The molecule has 0 saturated carbocycles. The molecular weight excluding hydrogens is 260 g/mol. The lowest BCUT2D eigenvalue weighted by molar-refractivity contribution is -0.128. The first-order chi connectivity index (χ1) is 8.85. The van der Waals surface area contributed by atoms with Crippen LogP contribution >= 0.6 is 11.3 Å². The number of rotatable bonds is 3. The Morgan fingerprint density at radius 1 is 1.53 bits per heavy atom. The highest BCUT2D eigenvalue weighted by Crippen LogP contribution is 2.20. The van der Waals surface area contributed by atoms with Crippen molar-refractivity contribution in [3.05, 3.63) is 22.4 Å². The van der Waals surface area contributed by atoms with Gasteiger partial charge in [-0.1, -0.05) is 26.8 Å². The summed E-state index contributed by atoms with van der Waals surface area (Å²) in [4.78, 5) is 26.4. The van der Waals surface area contributed by atoms with Crippen molar-refractivity contribution in [3.8, 4) is 0 Å². The standard InChI is InChI=1S/C14H20N2O2S/c1-14(2,3)9-16-8-10(7-12(16)17)15-13(18)11-5-4-6-19-11/h4-6,10H,7-9H2,1-3H3,(H,15,18). The van der Waals surface area contributed by atoms with E-state index >= 15 is 0 Å². The molecule has 5 heteroatoms. The van der Waals surface area contributed by atoms with Crippen molar-refractivity contribution in [1.29, 1.82) is 0 Å². The molecule has 1 aliphatic heterocycles. The lowest BCUT2D eigenvalue weighted by Gasteiger charge is -2.26. The Morgan fingerprint density at radius 2 is 2.26 bits per heavy atom. The smallest absolute Gasteiger partial charge is 0.261 e. The molecule has 1 N–H and O–H groups in total. The molecular formula is C14H20N2O2S. The minimum Gasteiger partial charge on any atom is -0.346 e. The van der Waals surface area contributed by atoms with E-state index < -0.39 is 0 Å². The fourth-order valence-corrected chi connectivity index (χ4v) is 2.89. The van der Waals surface area contributed by atoms with Gasteiger partial charge in [0.1, 0.15) is 0 Å². The number of hydrogen-bond donors (Lipinski definition) is 1. The first-order valence-electron chi connectivity index (χ1n) is 6.47. The van der Waals surface area contributed by atoms with Gasteiger partial charge in [-0.3, -0.25) is 9.59 Å². The van der Waals surface area contributed by atoms with E-state index in [1.54, 1.807) is 6.07 Å². The SMILES string of the molecule is CC(C)(C)CN1CC(NC(=O)c2cccs2)CC1=O. The van der Waals surface area contributed by atoms with Crippen molar-refractivity contribution in [3.63, 3.8) is 0 Å². The predicted molar refractivity (Wildman–Crippen MR) is 76.2 cm³/mol. The number of amides is 2. The number of carbonyl (C=O) groups is 2. The summed E-state index contributed by atoms with van der Waals surface area (Å²) in [6.45, 7) is 7.68. The number of hydrogen-bond acceptors (Lipinski definition) is 3. The summed E-state index contributed by atoms with van der Waals surface area (Å²) in [5.41, 5.74) is 0.0856. The quantitative estimate of drug-likeness (QED) is 0.922. The summed E-state index contributed by atoms with van der Waals surface area (Å²) in [6, 6.07) is 3.58. The molecule has 2 heterocycles. The van der Waals surface area contributed by atoms with Crippen LogP contribution in [0.15, 0.2) is 17.5 Å². The molecule has 2 rings (SSSR count). The molecule has 0 aromatic carbocycles. The third kappa shape index (κ3) is 3.80. The van der Waals surface area contributed by atoms with Crippen LogP contribution in [0.4, 0.5) is 0 Å². The molecule has 1 fully saturated rings. The molecule has 104 valence electrons. The molecule has 1 aromatic heterocycles. The maximum Gasteiger partial charge on any atom is 0.261 e. The maximum absolute atomic E-state index is 11.9. The zero-order valence-corrected chi connectivity index (χ0v) is 12.4. The lowest BCUT2D eigenvalue weighted by atomic mass is 9.96. The number of thiophene rings is 1. The van der Waals surface area contributed by atoms with Gasteiger partial charge in [0, 0.05) is 19.5 Å². The van der Waals surface area contributed by atoms with Gasteiger partial charge < -0.3 is 10.2 Å². The van der Waals surface area contributed by atoms with Gasteiger partial charge in [0.2, 0.25) is 5.91 Å². The average Bonchev–Trinajstić information content (AvgIpc) is 2.87. The molecule has 1 aromatic rings. The van der Waals surface area contributed by atoms with Crippen LogP contribution in [0, 0.1) is 5.41 Å². The molecule has 1 saturated heterocycles. The molecule has 1 unspecified atom stereocenters. The van der Waals surface area contributed by atoms with E-state index in [0.29, 0.717) is 17.8 Å². The molecule has 0 radical (unpaired) electrons. The van der Waals surface area contributed by atoms with Crippen LogP contribution in [0.3, 0.4) is 0 Å². The van der Waals surface area contributed by atoms with Crippen molar-refractivity contribution in [2.45, 2.75) is 33.2 Å². The van der Waals surface area contributed by atoms with Crippen molar-refractivity contribution in [2.24, 2.45) is 5.41 Å². The summed E-state index contributed by atoms with van der Waals surface area (Å²) in [5, 5.41) is 4.81. The molecule has 1 aliphatic rings. The highest BCUT2D eigenvalue weighted by atomic mass is 32.1. The van der Waals surface area contributed by atoms with Crippen molar-refractivity contribution >= 4 is 23.2 Å². The van der Waals surface area contributed by atoms with E-state index in [2.05, 4.69) is 26.1 Å². The number of likely N-dealkylation sites (tertiary alicyclic amines) is 1. The van der Waals surface area contributed by atoms with Crippen LogP contribution in [-0.2, 0) is 4.79 Å². The summed E-state index contributed by atoms with van der Waals surface area (Å²) >= 11 is 1.42. The van der Waals surface area contributed by atoms with Gasteiger partial charge in [0.25, 0.3) is 5.91 Å². The van der Waals surface area contributed by atoms with Gasteiger partial charge in [0.15, 0.2) is 0 Å². The van der Waals surface area contributed by atoms with Crippen LogP contribution < -0.4 is 5.32 Å². The highest BCUT2D eigenvalue weighted by molar-refractivity contribution is 7.12. The highest BCUT2D eigenvalue weighted by Gasteiger charge is 2.32. The van der Waals surface area contributed by atoms with E-state index in [0.717, 1.165) is 6.54 Å². The van der Waals surface area contributed by atoms with Gasteiger partial charge in [-0.25, -0.2) is 0 Å². The van der Waals surface area contributed by atoms with E-state index in [9.17, 15) is 9.59 Å². The average molecular weight is 280 g/mol. The van der Waals surface area contributed by atoms with Crippen molar-refractivity contribution < 1.29 is 9.59 Å². The Labute approximate surface area is 117 Å². The first kappa shape index (κ1) is 14.1. The van der Waals surface area contributed by atoms with Crippen molar-refractivity contribution in [1.82, 2.24) is 10.2 Å². The van der Waals surface area contributed by atoms with Gasteiger partial charge in [-0.15, -0.1) is 11.3 Å². The van der Waals surface area contributed by atoms with E-state index in [-0.39, 0.29) is 23.3 Å². The largest absolute Gasteiger partial charge is 0.346 e. The third-order valence-corrected chi connectivity index (χ3v) is 3.83. The second-order valence-electron chi connectivity index (χ2n) is 6.19. The first-order valence-corrected chi connectivity index (χ1v) is 7.35. The topological polar surface area (TPSA) is 49.4 Å². The molecule has 0 aliphatic carbocycles. The maximum atomic E-state index is 11.9. The van der Waals surface area contributed by atoms with Crippen LogP contribution in [-0.4, -0.2) is 35.8 Å². The number of nitrogens with zero attached hydrogens (tertiary/aromatic N) is 1. The van der Waals surface area contributed by atoms with Crippen LogP contribution in [0.5, 0.6) is 0 Å². The van der Waals surface area contributed by atoms with Gasteiger partial charge in [-0.05, 0) is 16.9 Å². The molecule has 0 spiro atoms. The Hall–Kier alpha value is -1.36. The van der Waals surface area contributed by atoms with E-state index in [1.807, 2.05) is 16.3 Å². The monoisotopic (exact) mass is 280 g/mol. The number of nitrogens with one attached hydrogen (secondary N) is 1. The fraction of sp³-hybridized carbons (Fsp3) is 0.571. The van der Waals surface area contributed by atoms with Crippen LogP contribution in [0.25, 0.3) is 0 Å². The van der Waals surface area contributed by atoms with Gasteiger partial charge in [0.05, 0.1) is 10.9 Å². The van der Waals surface area contributed by atoms with Crippen LogP contribution in [0.1, 0.15) is 36.9 Å². The molecule has 0 bridgehead atoms. The van der Waals surface area contributed by atoms with Gasteiger partial charge >= 0.3 is 0 Å². The molecule has 1 atom stereocenters. The third-order valence-electron chi connectivity index (χ3n) is 2.96. The summed E-state index contributed by atoms with van der Waals surface area (Å²) < 4.78 is 0. The predicted octanol–water partition coefficient (Wildman–Crippen LogP) is 2.12. The zero-order valence-electron chi connectivity index (χ0n) is 11.6. The Balaban J connectivity index is 1.91. The van der Waals surface area contributed by atoms with Crippen molar-refractivity contribution in [2.75, 3.05) is 13.1 Å². The lowest BCUT2D eigenvalue weighted by Crippen LogP contribution is -2.39. The zero-order chi connectivity index (χ0) is 14.0. The molecule has 2 amide bonds.